The zero-order valence-corrected chi connectivity index (χ0v) is 8.10. The number of nitrogens with one attached hydrogen (secondary N) is 1. The van der Waals surface area contributed by atoms with Crippen molar-refractivity contribution < 1.29 is 0 Å². The quantitative estimate of drug-likeness (QED) is 0.660. The Kier molecular flexibility index (Phi) is 2.24. The summed E-state index contributed by atoms with van der Waals surface area (Å²) in [5.74, 6) is 0. The predicted octanol–water partition coefficient (Wildman–Crippen LogP) is 1.70. The largest absolute Gasteiger partial charge is 0.302 e. The molecule has 3 heteroatoms. The Labute approximate surface area is 80.1 Å². The van der Waals surface area contributed by atoms with Gasteiger partial charge in [0.1, 0.15) is 0 Å². The van der Waals surface area contributed by atoms with E-state index in [0.717, 1.165) is 6.54 Å². The highest BCUT2D eigenvalue weighted by molar-refractivity contribution is 5.34. The smallest absolute Gasteiger partial charge is 0.0867 e. The van der Waals surface area contributed by atoms with Crippen molar-refractivity contribution >= 4 is 0 Å². The molecule has 0 fully saturated rings. The van der Waals surface area contributed by atoms with Crippen LogP contribution in [-0.2, 0) is 19.1 Å². The predicted molar refractivity (Wildman–Crippen MR) is 54.5 cm³/mol. The standard InChI is InChI=1S/C9H15N3.CH4/c1-6-7-5-10-9(2,3)8(7)11-12(6)4;/h10H,5H2,1-4H3;1H4. The fourth-order valence-electron chi connectivity index (χ4n) is 1.76. The minimum Gasteiger partial charge on any atom is -0.302 e. The van der Waals surface area contributed by atoms with Crippen LogP contribution < -0.4 is 5.32 Å². The van der Waals surface area contributed by atoms with Gasteiger partial charge in [0, 0.05) is 24.8 Å². The maximum absolute atomic E-state index is 4.50. The molecule has 0 aromatic carbocycles. The molecule has 0 bridgehead atoms. The second-order valence-corrected chi connectivity index (χ2v) is 4.01. The molecule has 1 N–H and O–H groups in total. The lowest BCUT2D eigenvalue weighted by Crippen LogP contribution is -2.30. The molecule has 1 aromatic heterocycles. The van der Waals surface area contributed by atoms with Crippen molar-refractivity contribution in [3.63, 3.8) is 0 Å². The summed E-state index contributed by atoms with van der Waals surface area (Å²) in [5, 5.41) is 7.93. The molecule has 1 aliphatic rings. The minimum atomic E-state index is 0. The average molecular weight is 181 g/mol. The van der Waals surface area contributed by atoms with E-state index in [4.69, 9.17) is 0 Å². The van der Waals surface area contributed by atoms with Crippen molar-refractivity contribution in [2.45, 2.75) is 40.3 Å². The minimum absolute atomic E-state index is 0. The number of aryl methyl sites for hydroxylation is 1. The third kappa shape index (κ3) is 1.27. The first kappa shape index (κ1) is 10.3. The van der Waals surface area contributed by atoms with Gasteiger partial charge in [0.15, 0.2) is 0 Å². The Morgan fingerprint density at radius 2 is 2.08 bits per heavy atom. The second-order valence-electron chi connectivity index (χ2n) is 4.01. The number of rotatable bonds is 0. The van der Waals surface area contributed by atoms with E-state index in [9.17, 15) is 0 Å². The van der Waals surface area contributed by atoms with E-state index >= 15 is 0 Å². The van der Waals surface area contributed by atoms with Gasteiger partial charge in [0.2, 0.25) is 0 Å². The molecule has 0 saturated heterocycles. The van der Waals surface area contributed by atoms with Gasteiger partial charge in [0.05, 0.1) is 11.2 Å². The van der Waals surface area contributed by atoms with Crippen LogP contribution in [0.4, 0.5) is 0 Å². The molecular weight excluding hydrogens is 162 g/mol. The Morgan fingerprint density at radius 1 is 1.46 bits per heavy atom. The maximum atomic E-state index is 4.50. The van der Waals surface area contributed by atoms with Gasteiger partial charge in [-0.25, -0.2) is 0 Å². The van der Waals surface area contributed by atoms with E-state index < -0.39 is 0 Å². The molecule has 2 heterocycles. The summed E-state index contributed by atoms with van der Waals surface area (Å²) in [6.45, 7) is 7.42. The molecule has 13 heavy (non-hydrogen) atoms. The molecule has 0 unspecified atom stereocenters. The molecule has 2 rings (SSSR count). The Bertz CT molecular complexity index is 323. The van der Waals surface area contributed by atoms with E-state index in [-0.39, 0.29) is 13.0 Å². The Hall–Kier alpha value is -0.830. The first-order chi connectivity index (χ1) is 5.52. The molecule has 74 valence electrons. The molecule has 1 aliphatic heterocycles. The molecule has 3 nitrogen and oxygen atoms in total. The molecule has 0 saturated carbocycles. The highest BCUT2D eigenvalue weighted by atomic mass is 15.3. The summed E-state index contributed by atoms with van der Waals surface area (Å²) in [5.41, 5.74) is 3.93. The maximum Gasteiger partial charge on any atom is 0.0867 e. The third-order valence-electron chi connectivity index (χ3n) is 2.76. The van der Waals surface area contributed by atoms with Crippen molar-refractivity contribution in [2.75, 3.05) is 0 Å². The highest BCUT2D eigenvalue weighted by Crippen LogP contribution is 2.30. The Balaban J connectivity index is 0.000000845. The van der Waals surface area contributed by atoms with Crippen LogP contribution in [-0.4, -0.2) is 9.78 Å². The molecule has 0 spiro atoms. The zero-order chi connectivity index (χ0) is 8.93. The monoisotopic (exact) mass is 181 g/mol. The van der Waals surface area contributed by atoms with Crippen molar-refractivity contribution in [2.24, 2.45) is 7.05 Å². The molecule has 0 amide bonds. The van der Waals surface area contributed by atoms with Crippen LogP contribution in [0.2, 0.25) is 0 Å². The third-order valence-corrected chi connectivity index (χ3v) is 2.76. The number of fused-ring (bicyclic) bond motifs is 1. The summed E-state index contributed by atoms with van der Waals surface area (Å²) in [6.07, 6.45) is 0. The van der Waals surface area contributed by atoms with Crippen LogP contribution in [0.25, 0.3) is 0 Å². The summed E-state index contributed by atoms with van der Waals surface area (Å²) in [6, 6.07) is 0. The van der Waals surface area contributed by atoms with Crippen molar-refractivity contribution in [3.05, 3.63) is 17.0 Å². The summed E-state index contributed by atoms with van der Waals surface area (Å²) >= 11 is 0. The van der Waals surface area contributed by atoms with Crippen molar-refractivity contribution in [1.29, 1.82) is 0 Å². The van der Waals surface area contributed by atoms with Crippen molar-refractivity contribution in [3.8, 4) is 0 Å². The zero-order valence-electron chi connectivity index (χ0n) is 8.10. The lowest BCUT2D eigenvalue weighted by Gasteiger charge is -2.16. The molecule has 0 aliphatic carbocycles. The van der Waals surface area contributed by atoms with Crippen LogP contribution in [0.5, 0.6) is 0 Å². The van der Waals surface area contributed by atoms with E-state index in [1.165, 1.54) is 17.0 Å². The van der Waals surface area contributed by atoms with Gasteiger partial charge in [-0.1, -0.05) is 7.43 Å². The average Bonchev–Trinajstić information content (AvgIpc) is 2.40. The lowest BCUT2D eigenvalue weighted by molar-refractivity contribution is 0.422. The fraction of sp³-hybridized carbons (Fsp3) is 0.700. The second kappa shape index (κ2) is 2.84. The van der Waals surface area contributed by atoms with Crippen LogP contribution >= 0.6 is 0 Å². The topological polar surface area (TPSA) is 29.9 Å². The van der Waals surface area contributed by atoms with Crippen LogP contribution in [0.15, 0.2) is 0 Å². The van der Waals surface area contributed by atoms with E-state index in [1.807, 2.05) is 11.7 Å². The molecular formula is C10H19N3. The molecule has 0 radical (unpaired) electrons. The lowest BCUT2D eigenvalue weighted by atomic mass is 10.0. The summed E-state index contributed by atoms with van der Waals surface area (Å²) in [7, 11) is 2.00. The van der Waals surface area contributed by atoms with Gasteiger partial charge < -0.3 is 5.32 Å². The first-order valence-electron chi connectivity index (χ1n) is 4.30. The van der Waals surface area contributed by atoms with Gasteiger partial charge in [-0.05, 0) is 20.8 Å². The number of nitrogens with zero attached hydrogens (tertiary/aromatic N) is 2. The van der Waals surface area contributed by atoms with Crippen molar-refractivity contribution in [1.82, 2.24) is 15.1 Å². The van der Waals surface area contributed by atoms with Gasteiger partial charge in [-0.2, -0.15) is 5.10 Å². The number of aromatic nitrogens is 2. The summed E-state index contributed by atoms with van der Waals surface area (Å²) in [4.78, 5) is 0. The van der Waals surface area contributed by atoms with E-state index in [2.05, 4.69) is 31.2 Å². The van der Waals surface area contributed by atoms with E-state index in [0.29, 0.717) is 0 Å². The normalized spacial score (nSPS) is 18.2. The fourth-order valence-corrected chi connectivity index (χ4v) is 1.76. The number of hydrogen-bond acceptors (Lipinski definition) is 2. The van der Waals surface area contributed by atoms with Crippen LogP contribution in [0.3, 0.4) is 0 Å². The highest BCUT2D eigenvalue weighted by Gasteiger charge is 2.33. The Morgan fingerprint density at radius 3 is 2.62 bits per heavy atom. The van der Waals surface area contributed by atoms with E-state index in [1.54, 1.807) is 0 Å². The summed E-state index contributed by atoms with van der Waals surface area (Å²) < 4.78 is 1.97. The van der Waals surface area contributed by atoms with Gasteiger partial charge in [-0.3, -0.25) is 4.68 Å². The van der Waals surface area contributed by atoms with Crippen LogP contribution in [0.1, 0.15) is 38.2 Å². The SMILES string of the molecule is C.Cc1c2c(nn1C)C(C)(C)NC2. The van der Waals surface area contributed by atoms with Gasteiger partial charge in [0.25, 0.3) is 0 Å². The molecule has 1 aromatic rings. The number of hydrogen-bond donors (Lipinski definition) is 1. The van der Waals surface area contributed by atoms with Gasteiger partial charge >= 0.3 is 0 Å². The van der Waals surface area contributed by atoms with Crippen LogP contribution in [0, 0.1) is 6.92 Å². The molecule has 0 atom stereocenters. The first-order valence-corrected chi connectivity index (χ1v) is 4.30. The van der Waals surface area contributed by atoms with Gasteiger partial charge in [-0.15, -0.1) is 0 Å².